The summed E-state index contributed by atoms with van der Waals surface area (Å²) < 4.78 is 17.5. The Labute approximate surface area is 215 Å². The van der Waals surface area contributed by atoms with Crippen molar-refractivity contribution in [1.82, 2.24) is 10.3 Å². The Morgan fingerprint density at radius 3 is 2.39 bits per heavy atom. The minimum Gasteiger partial charge on any atom is -0.444 e. The molecule has 2 heterocycles. The molecule has 1 aliphatic heterocycles. The van der Waals surface area contributed by atoms with E-state index in [4.69, 9.17) is 14.0 Å². The highest BCUT2D eigenvalue weighted by atomic mass is 16.7. The van der Waals surface area contributed by atoms with Crippen LogP contribution >= 0.6 is 0 Å². The molecule has 0 bridgehead atoms. The normalized spacial score (nSPS) is 17.6. The molecule has 0 radical (unpaired) electrons. The van der Waals surface area contributed by atoms with Crippen LogP contribution in [0.25, 0.3) is 10.9 Å². The van der Waals surface area contributed by atoms with Gasteiger partial charge in [0.1, 0.15) is 11.6 Å². The molecule has 1 aromatic heterocycles. The van der Waals surface area contributed by atoms with E-state index in [1.807, 2.05) is 58.0 Å². The average Bonchev–Trinajstić information content (AvgIpc) is 2.97. The summed E-state index contributed by atoms with van der Waals surface area (Å²) in [5, 5.41) is 6.56. The number of para-hydroxylation sites is 1. The molecule has 0 aliphatic carbocycles. The van der Waals surface area contributed by atoms with E-state index in [1.165, 1.54) is 0 Å². The van der Waals surface area contributed by atoms with Crippen LogP contribution in [0.2, 0.25) is 6.32 Å². The molecular formula is C27H40BN3O5. The quantitative estimate of drug-likeness (QED) is 0.340. The first kappa shape index (κ1) is 27.9. The summed E-state index contributed by atoms with van der Waals surface area (Å²) in [6.07, 6.45) is 4.80. The van der Waals surface area contributed by atoms with Gasteiger partial charge in [0.05, 0.1) is 28.6 Å². The molecule has 2 N–H and O–H groups in total. The number of amides is 2. The zero-order valence-electron chi connectivity index (χ0n) is 22.6. The van der Waals surface area contributed by atoms with Crippen LogP contribution in [0.5, 0.6) is 0 Å². The number of carbonyl (C=O) groups excluding carboxylic acids is 2. The summed E-state index contributed by atoms with van der Waals surface area (Å²) in [4.78, 5) is 29.9. The largest absolute Gasteiger partial charge is 0.457 e. The molecule has 1 fully saturated rings. The van der Waals surface area contributed by atoms with Crippen molar-refractivity contribution >= 4 is 35.7 Å². The summed E-state index contributed by atoms with van der Waals surface area (Å²) in [5.41, 5.74) is 0.0957. The fourth-order valence-electron chi connectivity index (χ4n) is 4.01. The third kappa shape index (κ3) is 7.67. The van der Waals surface area contributed by atoms with Gasteiger partial charge >= 0.3 is 13.2 Å². The molecule has 2 aromatic rings. The molecule has 1 aliphatic rings. The highest BCUT2D eigenvalue weighted by Crippen LogP contribution is 2.38. The average molecular weight is 497 g/mol. The van der Waals surface area contributed by atoms with Crippen LogP contribution in [0.3, 0.4) is 0 Å². The minimum atomic E-state index is -0.733. The second-order valence-corrected chi connectivity index (χ2v) is 11.4. The van der Waals surface area contributed by atoms with Gasteiger partial charge in [-0.25, -0.2) is 4.79 Å². The van der Waals surface area contributed by atoms with E-state index in [1.54, 1.807) is 27.0 Å². The van der Waals surface area contributed by atoms with Gasteiger partial charge in [-0.15, -0.1) is 0 Å². The van der Waals surface area contributed by atoms with Crippen molar-refractivity contribution in [3.63, 3.8) is 0 Å². The molecule has 1 atom stereocenters. The van der Waals surface area contributed by atoms with Crippen molar-refractivity contribution in [3.8, 4) is 0 Å². The molecule has 8 nitrogen and oxygen atoms in total. The molecule has 2 amide bonds. The van der Waals surface area contributed by atoms with Gasteiger partial charge in [-0.3, -0.25) is 9.78 Å². The smallest absolute Gasteiger partial charge is 0.444 e. The lowest BCUT2D eigenvalue weighted by molar-refractivity contribution is -0.118. The number of pyridine rings is 1. The molecule has 9 heteroatoms. The van der Waals surface area contributed by atoms with Crippen LogP contribution < -0.4 is 10.6 Å². The van der Waals surface area contributed by atoms with Gasteiger partial charge in [0.15, 0.2) is 0 Å². The lowest BCUT2D eigenvalue weighted by atomic mass is 9.82. The van der Waals surface area contributed by atoms with Crippen LogP contribution in [0.4, 0.5) is 10.5 Å². The van der Waals surface area contributed by atoms with E-state index in [0.29, 0.717) is 12.1 Å². The van der Waals surface area contributed by atoms with Crippen molar-refractivity contribution in [2.24, 2.45) is 0 Å². The second kappa shape index (κ2) is 11.2. The first-order valence-electron chi connectivity index (χ1n) is 12.8. The Morgan fingerprint density at radius 1 is 1.06 bits per heavy atom. The number of hydrogen-bond acceptors (Lipinski definition) is 6. The fraction of sp³-hybridized carbons (Fsp3) is 0.593. The SMILES string of the molecule is CC(C)(C)OC(=O)NC(CCCCCB1OC(C)(C)C(C)(C)O1)C(=O)Nc1cnc2ccccc2c1. The van der Waals surface area contributed by atoms with Gasteiger partial charge in [0, 0.05) is 5.39 Å². The molecule has 1 saturated heterocycles. The zero-order valence-corrected chi connectivity index (χ0v) is 22.6. The van der Waals surface area contributed by atoms with E-state index < -0.39 is 17.7 Å². The molecule has 1 aromatic carbocycles. The number of aromatic nitrogens is 1. The zero-order chi connectivity index (χ0) is 26.6. The lowest BCUT2D eigenvalue weighted by Gasteiger charge is -2.32. The van der Waals surface area contributed by atoms with Crippen molar-refractivity contribution in [1.29, 1.82) is 0 Å². The number of unbranched alkanes of at least 4 members (excludes halogenated alkanes) is 2. The summed E-state index contributed by atoms with van der Waals surface area (Å²) >= 11 is 0. The number of benzene rings is 1. The first-order chi connectivity index (χ1) is 16.8. The molecular weight excluding hydrogens is 457 g/mol. The maximum absolute atomic E-state index is 13.1. The Balaban J connectivity index is 1.55. The Morgan fingerprint density at radius 2 is 1.72 bits per heavy atom. The molecule has 3 rings (SSSR count). The van der Waals surface area contributed by atoms with Gasteiger partial charge in [0.2, 0.25) is 5.91 Å². The highest BCUT2D eigenvalue weighted by molar-refractivity contribution is 6.45. The number of hydrogen-bond donors (Lipinski definition) is 2. The van der Waals surface area contributed by atoms with Crippen molar-refractivity contribution in [2.75, 3.05) is 5.32 Å². The number of alkyl carbamates (subject to hydrolysis) is 1. The number of nitrogens with zero attached hydrogens (tertiary/aromatic N) is 1. The van der Waals surface area contributed by atoms with Crippen molar-refractivity contribution < 1.29 is 23.6 Å². The first-order valence-corrected chi connectivity index (χ1v) is 12.8. The standard InChI is InChI=1S/C27H40BN3O5/c1-25(2,3)34-24(33)31-22(15-9-8-12-16-28-35-26(4,5)27(6,7)36-28)23(32)30-20-17-19-13-10-11-14-21(19)29-18-20/h10-11,13-14,17-18,22H,8-9,12,15-16H2,1-7H3,(H,30,32)(H,31,33). The number of fused-ring (bicyclic) bond motifs is 1. The number of rotatable bonds is 9. The van der Waals surface area contributed by atoms with E-state index in [9.17, 15) is 9.59 Å². The van der Waals surface area contributed by atoms with Crippen molar-refractivity contribution in [2.45, 2.75) is 103 Å². The lowest BCUT2D eigenvalue weighted by Crippen LogP contribution is -2.45. The topological polar surface area (TPSA) is 98.8 Å². The molecule has 36 heavy (non-hydrogen) atoms. The van der Waals surface area contributed by atoms with Gasteiger partial charge in [-0.05, 0) is 73.3 Å². The van der Waals surface area contributed by atoms with Gasteiger partial charge in [0.25, 0.3) is 0 Å². The van der Waals surface area contributed by atoms with Crippen molar-refractivity contribution in [3.05, 3.63) is 36.5 Å². The number of carbonyl (C=O) groups is 2. The van der Waals surface area contributed by atoms with E-state index in [2.05, 4.69) is 15.6 Å². The van der Waals surface area contributed by atoms with Crippen LogP contribution in [-0.2, 0) is 18.8 Å². The van der Waals surface area contributed by atoms with Crippen LogP contribution in [0.15, 0.2) is 36.5 Å². The predicted octanol–water partition coefficient (Wildman–Crippen LogP) is 5.72. The van der Waals surface area contributed by atoms with E-state index in [-0.39, 0.29) is 24.2 Å². The maximum atomic E-state index is 13.1. The summed E-state index contributed by atoms with van der Waals surface area (Å²) in [6.45, 7) is 13.6. The van der Waals surface area contributed by atoms with Crippen LogP contribution in [-0.4, -0.2) is 46.9 Å². The molecule has 196 valence electrons. The molecule has 1 unspecified atom stereocenters. The summed E-state index contributed by atoms with van der Waals surface area (Å²) in [5.74, 6) is -0.302. The van der Waals surface area contributed by atoms with E-state index in [0.717, 1.165) is 36.5 Å². The molecule has 0 saturated carbocycles. The van der Waals surface area contributed by atoms with Crippen LogP contribution in [0.1, 0.15) is 74.1 Å². The summed E-state index contributed by atoms with van der Waals surface area (Å²) in [7, 11) is -0.227. The Kier molecular flexibility index (Phi) is 8.67. The minimum absolute atomic E-state index is 0.227. The summed E-state index contributed by atoms with van der Waals surface area (Å²) in [6, 6.07) is 8.83. The monoisotopic (exact) mass is 497 g/mol. The predicted molar refractivity (Wildman–Crippen MR) is 143 cm³/mol. The number of nitrogens with one attached hydrogen (secondary N) is 2. The van der Waals surface area contributed by atoms with Gasteiger partial charge < -0.3 is 24.7 Å². The van der Waals surface area contributed by atoms with E-state index >= 15 is 0 Å². The Hall–Kier alpha value is -2.65. The van der Waals surface area contributed by atoms with Gasteiger partial charge in [-0.2, -0.15) is 0 Å². The number of ether oxygens (including phenoxy) is 1. The van der Waals surface area contributed by atoms with Crippen LogP contribution in [0, 0.1) is 0 Å². The second-order valence-electron chi connectivity index (χ2n) is 11.4. The maximum Gasteiger partial charge on any atom is 0.457 e. The third-order valence-corrected chi connectivity index (χ3v) is 6.60. The fourth-order valence-corrected chi connectivity index (χ4v) is 4.01. The molecule has 0 spiro atoms. The number of anilines is 1. The van der Waals surface area contributed by atoms with Gasteiger partial charge in [-0.1, -0.05) is 37.5 Å². The third-order valence-electron chi connectivity index (χ3n) is 6.60. The Bertz CT molecular complexity index is 1050. The highest BCUT2D eigenvalue weighted by Gasteiger charge is 2.50.